The SMILES string of the molecule is CCCCNC[C@@]1(O)/C=C/C(=O)NCC(=O)OC[C@@H]2NC(=O)[C@@H]([C@@H](C)O)NC(=O)[C@H](Cc3ccccc3)N(C)C(=O)[C@@H](NC(=O)[C@@H]([C@@H](C)CC)NC(=O)[C@@H](NC(=O)[C@H](C)[C@H](O)C(C)C)[C@@H](C)OC2=O)c2ccc(cc2)O[C@@H]1C. The third-order valence-corrected chi connectivity index (χ3v) is 14.0. The topological polar surface area (TPSA) is 329 Å². The number of nitrogens with zero attached hydrogens (tertiary/aromatic N) is 1. The van der Waals surface area contributed by atoms with E-state index in [1.165, 1.54) is 58.2 Å². The van der Waals surface area contributed by atoms with E-state index in [9.17, 15) is 53.7 Å². The zero-order valence-corrected chi connectivity index (χ0v) is 46.2. The zero-order chi connectivity index (χ0) is 58.0. The summed E-state index contributed by atoms with van der Waals surface area (Å²) in [7, 11) is 1.31. The Morgan fingerprint density at radius 3 is 2.08 bits per heavy atom. The molecular formula is C55H80N8O15. The lowest BCUT2D eigenvalue weighted by Crippen LogP contribution is -2.61. The molecule has 0 aromatic heterocycles. The Kier molecular flexibility index (Phi) is 24.2. The zero-order valence-electron chi connectivity index (χ0n) is 46.2. The summed E-state index contributed by atoms with van der Waals surface area (Å²) in [4.78, 5) is 130. The average Bonchev–Trinajstić information content (AvgIpc) is 3.42. The quantitative estimate of drug-likeness (QED) is 0.0879. The summed E-state index contributed by atoms with van der Waals surface area (Å²) in [6.07, 6.45) is -1.64. The van der Waals surface area contributed by atoms with Crippen LogP contribution in [0.5, 0.6) is 5.75 Å². The number of benzene rings is 2. The Morgan fingerprint density at radius 1 is 0.821 bits per heavy atom. The molecule has 23 nitrogen and oxygen atoms in total. The highest BCUT2D eigenvalue weighted by molar-refractivity contribution is 5.98. The first-order valence-corrected chi connectivity index (χ1v) is 26.5. The van der Waals surface area contributed by atoms with Crippen LogP contribution in [0.15, 0.2) is 66.7 Å². The van der Waals surface area contributed by atoms with Gasteiger partial charge in [-0.05, 0) is 74.9 Å². The average molecular weight is 1090 g/mol. The van der Waals surface area contributed by atoms with Crippen molar-refractivity contribution < 1.29 is 72.7 Å². The van der Waals surface area contributed by atoms with Gasteiger partial charge in [0.25, 0.3) is 0 Å². The second-order valence-corrected chi connectivity index (χ2v) is 20.5. The Labute approximate surface area is 455 Å². The Balaban J connectivity index is 2.02. The van der Waals surface area contributed by atoms with Crippen molar-refractivity contribution in [3.05, 3.63) is 77.9 Å². The van der Waals surface area contributed by atoms with E-state index in [0.717, 1.165) is 23.8 Å². The molecule has 3 aliphatic heterocycles. The molecule has 0 radical (unpaired) electrons. The molecule has 1 saturated heterocycles. The minimum Gasteiger partial charge on any atom is -0.487 e. The maximum atomic E-state index is 15.3. The first-order valence-electron chi connectivity index (χ1n) is 26.5. The summed E-state index contributed by atoms with van der Waals surface area (Å²) in [5.74, 6) is -11.1. The number of rotatable bonds is 14. The molecule has 1 fully saturated rings. The minimum absolute atomic E-state index is 0.0795. The smallest absolute Gasteiger partial charge is 0.332 e. The molecule has 0 unspecified atom stereocenters. The van der Waals surface area contributed by atoms with Gasteiger partial charge in [0.05, 0.1) is 18.1 Å². The number of ether oxygens (including phenoxy) is 3. The highest BCUT2D eigenvalue weighted by Crippen LogP contribution is 2.26. The van der Waals surface area contributed by atoms with Crippen LogP contribution < -0.4 is 42.0 Å². The van der Waals surface area contributed by atoms with Gasteiger partial charge < -0.3 is 71.6 Å². The first kappa shape index (κ1) is 63.6. The van der Waals surface area contributed by atoms with Crippen LogP contribution in [-0.2, 0) is 59.0 Å². The van der Waals surface area contributed by atoms with Crippen LogP contribution in [0.25, 0.3) is 0 Å². The molecule has 5 rings (SSSR count). The molecular weight excluding hydrogens is 1010 g/mol. The summed E-state index contributed by atoms with van der Waals surface area (Å²) >= 11 is 0. The van der Waals surface area contributed by atoms with E-state index in [-0.39, 0.29) is 30.7 Å². The fraction of sp³-hybridized carbons (Fsp3) is 0.582. The normalized spacial score (nSPS) is 27.6. The van der Waals surface area contributed by atoms with Gasteiger partial charge in [-0.25, -0.2) is 4.79 Å². The van der Waals surface area contributed by atoms with Crippen molar-refractivity contribution >= 4 is 53.3 Å². The molecule has 3 aliphatic rings. The molecule has 78 heavy (non-hydrogen) atoms. The number of cyclic esters (lactones) is 1. The van der Waals surface area contributed by atoms with E-state index in [4.69, 9.17) is 14.2 Å². The lowest BCUT2D eigenvalue weighted by atomic mass is 9.93. The highest BCUT2D eigenvalue weighted by Gasteiger charge is 2.42. The molecule has 7 amide bonds. The van der Waals surface area contributed by atoms with Crippen LogP contribution in [0.3, 0.4) is 0 Å². The maximum absolute atomic E-state index is 15.3. The van der Waals surface area contributed by atoms with Gasteiger partial charge in [-0.3, -0.25) is 38.4 Å². The van der Waals surface area contributed by atoms with E-state index >= 15 is 4.79 Å². The van der Waals surface area contributed by atoms with Gasteiger partial charge in [-0.1, -0.05) is 96.8 Å². The van der Waals surface area contributed by atoms with Crippen molar-refractivity contribution in [1.82, 2.24) is 42.1 Å². The molecule has 2 aromatic rings. The largest absolute Gasteiger partial charge is 0.487 e. The number of fused-ring (bicyclic) bond motifs is 11. The number of nitrogens with one attached hydrogen (secondary N) is 7. The predicted octanol–water partition coefficient (Wildman–Crippen LogP) is -0.00470. The van der Waals surface area contributed by atoms with Gasteiger partial charge in [0.2, 0.25) is 41.4 Å². The van der Waals surface area contributed by atoms with Crippen LogP contribution in [0.4, 0.5) is 0 Å². The third kappa shape index (κ3) is 17.8. The lowest BCUT2D eigenvalue weighted by Gasteiger charge is -2.34. The summed E-state index contributed by atoms with van der Waals surface area (Å²) in [5, 5.41) is 52.3. The number of carbonyl (C=O) groups excluding carboxylic acids is 9. The molecule has 0 aliphatic carbocycles. The molecule has 13 atom stereocenters. The number of amides is 7. The van der Waals surface area contributed by atoms with Crippen molar-refractivity contribution in [2.75, 3.05) is 33.3 Å². The number of hydrogen-bond acceptors (Lipinski definition) is 16. The van der Waals surface area contributed by atoms with Gasteiger partial charge in [-0.15, -0.1) is 0 Å². The van der Waals surface area contributed by atoms with Crippen molar-refractivity contribution in [3.63, 3.8) is 0 Å². The van der Waals surface area contributed by atoms with Crippen molar-refractivity contribution in [3.8, 4) is 5.75 Å². The number of aliphatic hydroxyl groups is 3. The van der Waals surface area contributed by atoms with E-state index in [0.29, 0.717) is 12.1 Å². The number of unbranched alkanes of at least 4 members (excludes halogenated alkanes) is 1. The molecule has 430 valence electrons. The Hall–Kier alpha value is -6.95. The van der Waals surface area contributed by atoms with E-state index in [1.807, 2.05) is 6.92 Å². The molecule has 2 aromatic carbocycles. The number of likely N-dealkylation sites (N-methyl/N-ethyl adjacent to an activating group) is 1. The Bertz CT molecular complexity index is 2420. The molecule has 3 heterocycles. The lowest BCUT2D eigenvalue weighted by molar-refractivity contribution is -0.160. The molecule has 0 saturated carbocycles. The van der Waals surface area contributed by atoms with Crippen LogP contribution in [0, 0.1) is 17.8 Å². The van der Waals surface area contributed by atoms with Crippen molar-refractivity contribution in [2.45, 2.75) is 154 Å². The fourth-order valence-corrected chi connectivity index (χ4v) is 8.54. The molecule has 10 N–H and O–H groups in total. The molecule has 0 spiro atoms. The Morgan fingerprint density at radius 2 is 1.46 bits per heavy atom. The number of esters is 2. The van der Waals surface area contributed by atoms with Crippen molar-refractivity contribution in [2.24, 2.45) is 17.8 Å². The van der Waals surface area contributed by atoms with E-state index in [1.54, 1.807) is 65.0 Å². The maximum Gasteiger partial charge on any atom is 0.332 e. The fourth-order valence-electron chi connectivity index (χ4n) is 8.54. The number of hydrogen-bond donors (Lipinski definition) is 10. The number of aliphatic hydroxyl groups excluding tert-OH is 2. The molecule has 4 bridgehead atoms. The van der Waals surface area contributed by atoms with Crippen LogP contribution in [0.2, 0.25) is 0 Å². The van der Waals surface area contributed by atoms with Gasteiger partial charge in [-0.2, -0.15) is 0 Å². The second kappa shape index (κ2) is 29.7. The van der Waals surface area contributed by atoms with Crippen LogP contribution >= 0.6 is 0 Å². The summed E-state index contributed by atoms with van der Waals surface area (Å²) in [6, 6.07) is 4.27. The van der Waals surface area contributed by atoms with Gasteiger partial charge in [0.1, 0.15) is 66.9 Å². The van der Waals surface area contributed by atoms with Gasteiger partial charge in [0.15, 0.2) is 6.04 Å². The summed E-state index contributed by atoms with van der Waals surface area (Å²) in [6.45, 7) is 12.8. The standard InChI is InChI=1S/C55H80N8O15/c1-11-13-25-56-29-55(75)24-23-41(65)57-27-42(66)76-28-39-54(74)77-34(8)45(61-48(68)32(6)47(67)30(3)4)52(72)59-43(31(5)12-2)50(70)62-46(37-19-21-38(22-20-37)78-35(55)9)53(73)63(10)40(26-36-17-15-14-16-18-36)49(69)60-44(33(7)64)51(71)58-39/h14-24,30-35,39-40,43-47,56,64,67,75H,11-13,25-29H2,1-10H3,(H,57,65)(H,58,71)(H,59,72)(H,60,69)(H,61,68)(H,62,70)/b24-23+/t31-,32+,33+,34+,35+,39-,40-,43+,44+,45-,46-,47+,55-/m0/s1. The summed E-state index contributed by atoms with van der Waals surface area (Å²) in [5.41, 5.74) is -1.12. The van der Waals surface area contributed by atoms with E-state index in [2.05, 4.69) is 37.2 Å². The summed E-state index contributed by atoms with van der Waals surface area (Å²) < 4.78 is 17.4. The first-order chi connectivity index (χ1) is 36.8. The second-order valence-electron chi connectivity index (χ2n) is 20.5. The number of carbonyl (C=O) groups is 9. The molecule has 23 heteroatoms. The van der Waals surface area contributed by atoms with E-state index < -0.39 is 150 Å². The van der Waals surface area contributed by atoms with Crippen molar-refractivity contribution in [1.29, 1.82) is 0 Å². The van der Waals surface area contributed by atoms with Gasteiger partial charge >= 0.3 is 11.9 Å². The third-order valence-electron chi connectivity index (χ3n) is 14.0. The van der Waals surface area contributed by atoms with Crippen LogP contribution in [-0.4, -0.2) is 167 Å². The predicted molar refractivity (Wildman–Crippen MR) is 284 cm³/mol. The monoisotopic (exact) mass is 1090 g/mol. The van der Waals surface area contributed by atoms with Crippen LogP contribution in [0.1, 0.15) is 98.7 Å². The minimum atomic E-state index is -1.97. The highest BCUT2D eigenvalue weighted by atomic mass is 16.6. The van der Waals surface area contributed by atoms with Gasteiger partial charge in [0, 0.05) is 26.1 Å².